The Morgan fingerprint density at radius 3 is 1.95 bits per heavy atom. The molecule has 198 valence electrons. The van der Waals surface area contributed by atoms with Gasteiger partial charge in [0, 0.05) is 36.6 Å². The van der Waals surface area contributed by atoms with Crippen LogP contribution in [0.25, 0.3) is 0 Å². The monoisotopic (exact) mass is 521 g/mol. The number of ether oxygens (including phenoxy) is 1. The normalized spacial score (nSPS) is 10.4. The summed E-state index contributed by atoms with van der Waals surface area (Å²) in [4.78, 5) is 25.6. The summed E-state index contributed by atoms with van der Waals surface area (Å²) in [5.74, 6) is 5.86. The third-order valence-electron chi connectivity index (χ3n) is 6.08. The van der Waals surface area contributed by atoms with Crippen LogP contribution in [0.2, 0.25) is 0 Å². The van der Waals surface area contributed by atoms with Gasteiger partial charge in [0.05, 0.1) is 0 Å². The summed E-state index contributed by atoms with van der Waals surface area (Å²) < 4.78 is 6.51. The number of aliphatic carboxylic acids is 1. The molecule has 3 aromatic carbocycles. The number of nitrogens with zero attached hydrogens (tertiary/aromatic N) is 3. The lowest BCUT2D eigenvalue weighted by Crippen LogP contribution is -2.34. The van der Waals surface area contributed by atoms with Crippen LogP contribution in [0.1, 0.15) is 47.6 Å². The molecule has 0 fully saturated rings. The third kappa shape index (κ3) is 8.34. The lowest BCUT2D eigenvalue weighted by Gasteiger charge is -2.23. The largest absolute Gasteiger partial charge is 0.482 e. The van der Waals surface area contributed by atoms with Crippen molar-refractivity contribution in [1.82, 2.24) is 14.7 Å². The van der Waals surface area contributed by atoms with Crippen molar-refractivity contribution in [3.8, 4) is 17.6 Å². The number of carbonyl (C=O) groups excluding carboxylic acids is 1. The molecule has 7 nitrogen and oxygen atoms in total. The molecule has 0 aliphatic carbocycles. The van der Waals surface area contributed by atoms with Crippen molar-refractivity contribution in [2.24, 2.45) is 0 Å². The second-order valence-corrected chi connectivity index (χ2v) is 9.16. The average molecular weight is 522 g/mol. The molecule has 7 heteroatoms. The van der Waals surface area contributed by atoms with Gasteiger partial charge >= 0.3 is 12.0 Å². The highest BCUT2D eigenvalue weighted by molar-refractivity contribution is 5.76. The Hall–Kier alpha value is -4.83. The van der Waals surface area contributed by atoms with Crippen molar-refractivity contribution in [1.29, 1.82) is 0 Å². The summed E-state index contributed by atoms with van der Waals surface area (Å²) in [5.41, 5.74) is 5.05. The number of carbonyl (C=O) groups is 2. The van der Waals surface area contributed by atoms with Gasteiger partial charge in [0.1, 0.15) is 5.75 Å². The van der Waals surface area contributed by atoms with Gasteiger partial charge in [0.2, 0.25) is 0 Å². The van der Waals surface area contributed by atoms with Crippen molar-refractivity contribution in [3.05, 3.63) is 119 Å². The van der Waals surface area contributed by atoms with E-state index >= 15 is 0 Å². The van der Waals surface area contributed by atoms with E-state index < -0.39 is 12.6 Å². The molecule has 4 aromatic rings. The molecule has 0 radical (unpaired) electrons. The van der Waals surface area contributed by atoms with Gasteiger partial charge in [-0.05, 0) is 72.0 Å². The smallest absolute Gasteiger partial charge is 0.345 e. The van der Waals surface area contributed by atoms with Gasteiger partial charge in [-0.25, -0.2) is 9.59 Å². The molecule has 1 N–H and O–H groups in total. The van der Waals surface area contributed by atoms with Crippen LogP contribution in [0.5, 0.6) is 5.75 Å². The van der Waals surface area contributed by atoms with Gasteiger partial charge in [0.25, 0.3) is 0 Å². The number of unbranched alkanes of at least 4 members (excludes halogenated alkanes) is 1. The van der Waals surface area contributed by atoms with Crippen LogP contribution < -0.4 is 4.74 Å². The van der Waals surface area contributed by atoms with Gasteiger partial charge in [0.15, 0.2) is 6.61 Å². The van der Waals surface area contributed by atoms with E-state index in [1.165, 1.54) is 23.1 Å². The molecule has 1 amide bonds. The maximum atomic E-state index is 13.2. The van der Waals surface area contributed by atoms with Crippen molar-refractivity contribution in [2.45, 2.75) is 39.3 Å². The number of carboxylic acids is 1. The second kappa shape index (κ2) is 13.6. The minimum atomic E-state index is -1.04. The zero-order valence-electron chi connectivity index (χ0n) is 21.9. The van der Waals surface area contributed by atoms with E-state index in [0.29, 0.717) is 18.8 Å². The number of rotatable bonds is 10. The van der Waals surface area contributed by atoms with Crippen LogP contribution in [-0.4, -0.2) is 38.4 Å². The zero-order chi connectivity index (χ0) is 27.5. The van der Waals surface area contributed by atoms with Gasteiger partial charge in [-0.3, -0.25) is 0 Å². The van der Waals surface area contributed by atoms with Crippen LogP contribution >= 0.6 is 0 Å². The lowest BCUT2D eigenvalue weighted by atomic mass is 10.1. The third-order valence-corrected chi connectivity index (χ3v) is 6.08. The van der Waals surface area contributed by atoms with Crippen LogP contribution in [0.3, 0.4) is 0 Å². The van der Waals surface area contributed by atoms with Crippen LogP contribution in [0, 0.1) is 11.8 Å². The number of amides is 1. The SMILES string of the molecule is CCCCc1ccc(C#Cc2ccc(CN(Cc3ccc(OCC(=O)O)cc3)C(=O)n3cccn3)cc2)cc1. The van der Waals surface area contributed by atoms with E-state index in [9.17, 15) is 9.59 Å². The van der Waals surface area contributed by atoms with Crippen molar-refractivity contribution in [3.63, 3.8) is 0 Å². The van der Waals surface area contributed by atoms with Crippen molar-refractivity contribution >= 4 is 12.0 Å². The molecule has 0 aliphatic heterocycles. The fourth-order valence-electron chi connectivity index (χ4n) is 3.97. The summed E-state index contributed by atoms with van der Waals surface area (Å²) in [5, 5.41) is 12.9. The van der Waals surface area contributed by atoms with E-state index in [4.69, 9.17) is 9.84 Å². The van der Waals surface area contributed by atoms with E-state index in [1.807, 2.05) is 36.4 Å². The number of carboxylic acid groups (broad SMARTS) is 1. The number of aryl methyl sites for hydroxylation is 1. The Labute approximate surface area is 228 Å². The number of hydrogen-bond acceptors (Lipinski definition) is 4. The molecular weight excluding hydrogens is 490 g/mol. The first-order chi connectivity index (χ1) is 19.0. The zero-order valence-corrected chi connectivity index (χ0v) is 21.9. The summed E-state index contributed by atoms with van der Waals surface area (Å²) >= 11 is 0. The van der Waals surface area contributed by atoms with Crippen molar-refractivity contribution in [2.75, 3.05) is 6.61 Å². The number of benzene rings is 3. The molecule has 0 unspecified atom stereocenters. The Kier molecular flexibility index (Phi) is 9.52. The van der Waals surface area contributed by atoms with E-state index in [0.717, 1.165) is 28.7 Å². The highest BCUT2D eigenvalue weighted by Gasteiger charge is 2.17. The van der Waals surface area contributed by atoms with Crippen LogP contribution in [-0.2, 0) is 24.3 Å². The first-order valence-electron chi connectivity index (χ1n) is 12.9. The van der Waals surface area contributed by atoms with E-state index in [-0.39, 0.29) is 6.03 Å². The minimum absolute atomic E-state index is 0.252. The molecule has 1 heterocycles. The highest BCUT2D eigenvalue weighted by atomic mass is 16.5. The molecule has 0 aliphatic rings. The van der Waals surface area contributed by atoms with Gasteiger partial charge in [-0.1, -0.05) is 61.6 Å². The van der Waals surface area contributed by atoms with Crippen molar-refractivity contribution < 1.29 is 19.4 Å². The molecule has 0 spiro atoms. The topological polar surface area (TPSA) is 84.7 Å². The second-order valence-electron chi connectivity index (χ2n) is 9.16. The maximum Gasteiger partial charge on any atom is 0.345 e. The predicted molar refractivity (Wildman–Crippen MR) is 149 cm³/mol. The van der Waals surface area contributed by atoms with Gasteiger partial charge < -0.3 is 14.7 Å². The van der Waals surface area contributed by atoms with Gasteiger partial charge in [-0.15, -0.1) is 0 Å². The summed E-state index contributed by atoms with van der Waals surface area (Å²) in [6.07, 6.45) is 6.66. The first kappa shape index (κ1) is 27.2. The Bertz CT molecular complexity index is 1420. The van der Waals surface area contributed by atoms with Crippen LogP contribution in [0.15, 0.2) is 91.3 Å². The van der Waals surface area contributed by atoms with Crippen LogP contribution in [0.4, 0.5) is 4.79 Å². The van der Waals surface area contributed by atoms with E-state index in [1.54, 1.807) is 35.5 Å². The molecule has 0 saturated heterocycles. The minimum Gasteiger partial charge on any atom is -0.482 e. The molecule has 39 heavy (non-hydrogen) atoms. The summed E-state index contributed by atoms with van der Waals surface area (Å²) in [6, 6.07) is 24.8. The van der Waals surface area contributed by atoms with Gasteiger partial charge in [-0.2, -0.15) is 9.78 Å². The fourth-order valence-corrected chi connectivity index (χ4v) is 3.97. The molecule has 0 bridgehead atoms. The Balaban J connectivity index is 1.43. The number of hydrogen-bond donors (Lipinski definition) is 1. The standard InChI is InChI=1S/C32H31N3O4/c1-2-3-5-25-6-8-26(9-7-25)10-11-27-12-14-28(15-13-27)22-34(32(38)35-21-4-20-33-35)23-29-16-18-30(19-17-29)39-24-31(36)37/h4,6-9,12-21H,2-3,5,22-24H2,1H3,(H,36,37). The molecule has 1 aromatic heterocycles. The molecular formula is C32H31N3O4. The molecule has 4 rings (SSSR count). The lowest BCUT2D eigenvalue weighted by molar-refractivity contribution is -0.139. The Morgan fingerprint density at radius 2 is 1.44 bits per heavy atom. The quantitative estimate of drug-likeness (QED) is 0.268. The number of aromatic nitrogens is 2. The maximum absolute atomic E-state index is 13.2. The molecule has 0 saturated carbocycles. The predicted octanol–water partition coefficient (Wildman–Crippen LogP) is 5.76. The molecule has 0 atom stereocenters. The fraction of sp³-hybridized carbons (Fsp3) is 0.219. The highest BCUT2D eigenvalue weighted by Crippen LogP contribution is 2.17. The Morgan fingerprint density at radius 1 is 0.872 bits per heavy atom. The average Bonchev–Trinajstić information content (AvgIpc) is 3.50. The van der Waals surface area contributed by atoms with E-state index in [2.05, 4.69) is 48.1 Å². The summed E-state index contributed by atoms with van der Waals surface area (Å²) in [7, 11) is 0. The summed E-state index contributed by atoms with van der Waals surface area (Å²) in [6.45, 7) is 2.51. The first-order valence-corrected chi connectivity index (χ1v) is 12.9.